The van der Waals surface area contributed by atoms with Gasteiger partial charge in [-0.15, -0.1) is 0 Å². The third kappa shape index (κ3) is 3.16. The number of nitrogens with one attached hydrogen (secondary N) is 1. The van der Waals surface area contributed by atoms with Gasteiger partial charge in [0, 0.05) is 23.7 Å². The summed E-state index contributed by atoms with van der Waals surface area (Å²) < 4.78 is 25.4. The number of sulfonamides is 1. The highest BCUT2D eigenvalue weighted by Crippen LogP contribution is 2.23. The first-order chi connectivity index (χ1) is 8.62. The lowest BCUT2D eigenvalue weighted by Gasteiger charge is -2.08. The van der Waals surface area contributed by atoms with Crippen molar-refractivity contribution in [3.8, 4) is 11.3 Å². The third-order valence-electron chi connectivity index (χ3n) is 2.55. The molecule has 0 saturated carbocycles. The van der Waals surface area contributed by atoms with E-state index < -0.39 is 10.0 Å². The van der Waals surface area contributed by atoms with Gasteiger partial charge >= 0.3 is 0 Å². The highest BCUT2D eigenvalue weighted by atomic mass is 32.2. The zero-order valence-corrected chi connectivity index (χ0v) is 11.6. The Labute approximate surface area is 111 Å². The molecule has 0 saturated heterocycles. The van der Waals surface area contributed by atoms with Crippen LogP contribution >= 0.6 is 11.3 Å². The van der Waals surface area contributed by atoms with Crippen molar-refractivity contribution in [3.63, 3.8) is 0 Å². The van der Waals surface area contributed by atoms with Crippen LogP contribution in [0, 0.1) is 0 Å². The number of aromatic nitrogens is 1. The van der Waals surface area contributed by atoms with Crippen molar-refractivity contribution in [2.45, 2.75) is 13.5 Å². The minimum atomic E-state index is -3.18. The molecule has 0 atom stereocenters. The Hall–Kier alpha value is -1.24. The van der Waals surface area contributed by atoms with Crippen molar-refractivity contribution >= 4 is 21.4 Å². The second-order valence-electron chi connectivity index (χ2n) is 3.75. The molecule has 2 aromatic rings. The summed E-state index contributed by atoms with van der Waals surface area (Å²) in [4.78, 5) is 4.32. The first-order valence-corrected chi connectivity index (χ1v) is 8.15. The van der Waals surface area contributed by atoms with Crippen LogP contribution in [-0.2, 0) is 16.6 Å². The van der Waals surface area contributed by atoms with E-state index in [1.807, 2.05) is 29.0 Å². The maximum absolute atomic E-state index is 11.4. The number of thiophene rings is 1. The van der Waals surface area contributed by atoms with Gasteiger partial charge < -0.3 is 0 Å². The van der Waals surface area contributed by atoms with Gasteiger partial charge in [-0.2, -0.15) is 11.3 Å². The second kappa shape index (κ2) is 5.60. The Morgan fingerprint density at radius 2 is 2.22 bits per heavy atom. The molecule has 0 bridgehead atoms. The molecule has 0 fully saturated rings. The van der Waals surface area contributed by atoms with E-state index in [0.29, 0.717) is 0 Å². The molecular formula is C12H14N2O2S2. The molecule has 0 radical (unpaired) electrons. The number of nitrogens with zero attached hydrogens (tertiary/aromatic N) is 1. The van der Waals surface area contributed by atoms with Gasteiger partial charge in [0.1, 0.15) is 0 Å². The molecule has 0 spiro atoms. The monoisotopic (exact) mass is 282 g/mol. The molecule has 0 amide bonds. The van der Waals surface area contributed by atoms with E-state index in [1.165, 1.54) is 0 Å². The first kappa shape index (κ1) is 13.2. The van der Waals surface area contributed by atoms with Crippen molar-refractivity contribution in [2.75, 3.05) is 5.75 Å². The van der Waals surface area contributed by atoms with Gasteiger partial charge in [0.25, 0.3) is 0 Å². The van der Waals surface area contributed by atoms with Crippen LogP contribution in [0.15, 0.2) is 35.2 Å². The number of rotatable bonds is 5. The number of hydrogen-bond donors (Lipinski definition) is 1. The molecule has 96 valence electrons. The second-order valence-corrected chi connectivity index (χ2v) is 6.62. The molecule has 0 aliphatic carbocycles. The molecule has 18 heavy (non-hydrogen) atoms. The predicted molar refractivity (Wildman–Crippen MR) is 73.9 cm³/mol. The van der Waals surface area contributed by atoms with E-state index in [4.69, 9.17) is 0 Å². The molecule has 0 aliphatic heterocycles. The van der Waals surface area contributed by atoms with E-state index in [2.05, 4.69) is 9.71 Å². The highest BCUT2D eigenvalue weighted by Gasteiger charge is 2.10. The Morgan fingerprint density at radius 1 is 1.39 bits per heavy atom. The fraction of sp³-hybridized carbons (Fsp3) is 0.250. The molecule has 2 heterocycles. The van der Waals surface area contributed by atoms with Crippen LogP contribution in [0.25, 0.3) is 11.3 Å². The van der Waals surface area contributed by atoms with Crippen molar-refractivity contribution in [1.82, 2.24) is 9.71 Å². The average molecular weight is 282 g/mol. The molecule has 2 aromatic heterocycles. The Balaban J connectivity index is 2.24. The molecule has 0 aromatic carbocycles. The van der Waals surface area contributed by atoms with Gasteiger partial charge in [-0.1, -0.05) is 6.07 Å². The highest BCUT2D eigenvalue weighted by molar-refractivity contribution is 7.89. The SMILES string of the molecule is CCS(=O)(=O)NCc1cccnc1-c1ccsc1. The molecule has 4 nitrogen and oxygen atoms in total. The number of pyridine rings is 1. The van der Waals surface area contributed by atoms with Gasteiger partial charge in [0.15, 0.2) is 0 Å². The van der Waals surface area contributed by atoms with E-state index in [1.54, 1.807) is 24.5 Å². The van der Waals surface area contributed by atoms with E-state index in [-0.39, 0.29) is 12.3 Å². The summed E-state index contributed by atoms with van der Waals surface area (Å²) in [5.41, 5.74) is 2.73. The fourth-order valence-corrected chi connectivity index (χ4v) is 2.75. The predicted octanol–water partition coefficient (Wildman–Crippen LogP) is 2.25. The Bertz CT molecular complexity index is 607. The van der Waals surface area contributed by atoms with Gasteiger partial charge in [0.05, 0.1) is 11.4 Å². The summed E-state index contributed by atoms with van der Waals surface area (Å²) in [7, 11) is -3.18. The van der Waals surface area contributed by atoms with Crippen LogP contribution in [-0.4, -0.2) is 19.2 Å². The summed E-state index contributed by atoms with van der Waals surface area (Å²) in [6.07, 6.45) is 1.71. The molecular weight excluding hydrogens is 268 g/mol. The Morgan fingerprint density at radius 3 is 2.89 bits per heavy atom. The van der Waals surface area contributed by atoms with Gasteiger partial charge in [-0.25, -0.2) is 13.1 Å². The first-order valence-electron chi connectivity index (χ1n) is 5.56. The van der Waals surface area contributed by atoms with Crippen LogP contribution in [0.5, 0.6) is 0 Å². The van der Waals surface area contributed by atoms with Gasteiger partial charge in [0.2, 0.25) is 10.0 Å². The lowest BCUT2D eigenvalue weighted by molar-refractivity contribution is 0.582. The number of hydrogen-bond acceptors (Lipinski definition) is 4. The lowest BCUT2D eigenvalue weighted by atomic mass is 10.1. The summed E-state index contributed by atoms with van der Waals surface area (Å²) in [6, 6.07) is 5.68. The van der Waals surface area contributed by atoms with Crippen molar-refractivity contribution in [1.29, 1.82) is 0 Å². The zero-order chi connectivity index (χ0) is 13.0. The Kier molecular flexibility index (Phi) is 4.11. The minimum Gasteiger partial charge on any atom is -0.256 e. The fourth-order valence-electron chi connectivity index (χ4n) is 1.53. The minimum absolute atomic E-state index is 0.0844. The van der Waals surface area contributed by atoms with E-state index in [9.17, 15) is 8.42 Å². The van der Waals surface area contributed by atoms with E-state index in [0.717, 1.165) is 16.8 Å². The van der Waals surface area contributed by atoms with Crippen LogP contribution in [0.1, 0.15) is 12.5 Å². The standard InChI is InChI=1S/C12H14N2O2S2/c1-2-18(15,16)14-8-10-4-3-6-13-12(10)11-5-7-17-9-11/h3-7,9,14H,2,8H2,1H3. The van der Waals surface area contributed by atoms with Gasteiger partial charge in [-0.05, 0) is 30.0 Å². The molecule has 2 rings (SSSR count). The smallest absolute Gasteiger partial charge is 0.211 e. The third-order valence-corrected chi connectivity index (χ3v) is 4.58. The topological polar surface area (TPSA) is 59.1 Å². The van der Waals surface area contributed by atoms with Crippen molar-refractivity contribution in [2.24, 2.45) is 0 Å². The van der Waals surface area contributed by atoms with Gasteiger partial charge in [-0.3, -0.25) is 4.98 Å². The molecule has 0 aliphatic rings. The largest absolute Gasteiger partial charge is 0.256 e. The van der Waals surface area contributed by atoms with Crippen LogP contribution < -0.4 is 4.72 Å². The van der Waals surface area contributed by atoms with Crippen molar-refractivity contribution in [3.05, 3.63) is 40.7 Å². The van der Waals surface area contributed by atoms with Crippen LogP contribution in [0.2, 0.25) is 0 Å². The maximum atomic E-state index is 11.4. The summed E-state index contributed by atoms with van der Waals surface area (Å²) in [6.45, 7) is 1.89. The van der Waals surface area contributed by atoms with Crippen LogP contribution in [0.4, 0.5) is 0 Å². The molecule has 1 N–H and O–H groups in total. The normalized spacial score (nSPS) is 11.6. The average Bonchev–Trinajstić information content (AvgIpc) is 2.91. The molecule has 6 heteroatoms. The zero-order valence-electron chi connectivity index (χ0n) is 9.96. The quantitative estimate of drug-likeness (QED) is 0.915. The summed E-state index contributed by atoms with van der Waals surface area (Å²) in [5.74, 6) is 0.0844. The summed E-state index contributed by atoms with van der Waals surface area (Å²) in [5, 5.41) is 3.98. The van der Waals surface area contributed by atoms with E-state index >= 15 is 0 Å². The van der Waals surface area contributed by atoms with Crippen LogP contribution in [0.3, 0.4) is 0 Å². The maximum Gasteiger partial charge on any atom is 0.211 e. The lowest BCUT2D eigenvalue weighted by Crippen LogP contribution is -2.25. The van der Waals surface area contributed by atoms with Crippen molar-refractivity contribution < 1.29 is 8.42 Å². The molecule has 0 unspecified atom stereocenters. The summed E-state index contributed by atoms with van der Waals surface area (Å²) >= 11 is 1.59.